The maximum atomic E-state index is 13.5. The fourth-order valence-corrected chi connectivity index (χ4v) is 5.94. The molecule has 0 spiro atoms. The monoisotopic (exact) mass is 542 g/mol. The molecule has 5 rings (SSSR count). The van der Waals surface area contributed by atoms with Gasteiger partial charge in [0.05, 0.1) is 23.4 Å². The van der Waals surface area contributed by atoms with Gasteiger partial charge in [0.25, 0.3) is 5.91 Å². The van der Waals surface area contributed by atoms with Crippen LogP contribution in [-0.2, 0) is 21.1 Å². The van der Waals surface area contributed by atoms with Gasteiger partial charge in [0.2, 0.25) is 0 Å². The molecule has 2 aliphatic rings. The summed E-state index contributed by atoms with van der Waals surface area (Å²) in [6.07, 6.45) is 4.04. The second-order valence-corrected chi connectivity index (χ2v) is 11.7. The van der Waals surface area contributed by atoms with Crippen LogP contribution in [0.1, 0.15) is 24.0 Å². The fourth-order valence-electron chi connectivity index (χ4n) is 4.49. The molecule has 1 N–H and O–H groups in total. The van der Waals surface area contributed by atoms with E-state index in [4.69, 9.17) is 9.47 Å². The molecule has 0 saturated carbocycles. The van der Waals surface area contributed by atoms with E-state index >= 15 is 0 Å². The van der Waals surface area contributed by atoms with Crippen LogP contribution < -0.4 is 19.7 Å². The average molecular weight is 543 g/mol. The Balaban J connectivity index is 1.23. The number of anilines is 1. The Hall–Kier alpha value is -3.93. The molecular weight excluding hydrogens is 515 g/mol. The number of halogens is 1. The third-order valence-electron chi connectivity index (χ3n) is 6.57. The van der Waals surface area contributed by atoms with Crippen molar-refractivity contribution in [1.82, 2.24) is 15.1 Å². The fraction of sp³-hybridized carbons (Fsp3) is 0.346. The summed E-state index contributed by atoms with van der Waals surface area (Å²) in [5, 5.41) is 6.74. The highest BCUT2D eigenvalue weighted by Gasteiger charge is 2.32. The SMILES string of the molecule is CN1C(=O)[C@@H](NC(=O)n2cc(Cc3cccc(F)c3)cn2)COc2ccc(OC3CCS(=O)(=O)CC3)cc21. The molecule has 12 heteroatoms. The van der Waals surface area contributed by atoms with Crippen LogP contribution in [0.15, 0.2) is 54.9 Å². The van der Waals surface area contributed by atoms with E-state index in [9.17, 15) is 22.4 Å². The van der Waals surface area contributed by atoms with E-state index in [-0.39, 0.29) is 35.9 Å². The molecule has 3 heterocycles. The molecule has 38 heavy (non-hydrogen) atoms. The van der Waals surface area contributed by atoms with Crippen molar-refractivity contribution in [1.29, 1.82) is 0 Å². The smallest absolute Gasteiger partial charge is 0.342 e. The maximum absolute atomic E-state index is 13.5. The number of ether oxygens (including phenoxy) is 2. The second kappa shape index (κ2) is 10.4. The minimum absolute atomic E-state index is 0.0833. The largest absolute Gasteiger partial charge is 0.490 e. The molecule has 1 atom stereocenters. The number of hydrogen-bond acceptors (Lipinski definition) is 7. The van der Waals surface area contributed by atoms with Crippen LogP contribution in [-0.4, -0.2) is 67.4 Å². The Labute approximate surface area is 219 Å². The summed E-state index contributed by atoms with van der Waals surface area (Å²) in [7, 11) is -1.42. The summed E-state index contributed by atoms with van der Waals surface area (Å²) in [5.41, 5.74) is 1.93. The van der Waals surface area contributed by atoms with E-state index in [2.05, 4.69) is 10.4 Å². The van der Waals surface area contributed by atoms with Crippen molar-refractivity contribution in [2.75, 3.05) is 30.1 Å². The van der Waals surface area contributed by atoms with Gasteiger partial charge in [0.15, 0.2) is 9.84 Å². The molecule has 0 unspecified atom stereocenters. The Morgan fingerprint density at radius 2 is 1.97 bits per heavy atom. The van der Waals surface area contributed by atoms with E-state index in [1.807, 2.05) is 0 Å². The predicted molar refractivity (Wildman–Crippen MR) is 137 cm³/mol. The number of amides is 2. The summed E-state index contributed by atoms with van der Waals surface area (Å²) in [4.78, 5) is 27.4. The lowest BCUT2D eigenvalue weighted by molar-refractivity contribution is -0.120. The Kier molecular flexibility index (Phi) is 7.06. The Morgan fingerprint density at radius 3 is 2.74 bits per heavy atom. The van der Waals surface area contributed by atoms with Crippen molar-refractivity contribution in [2.24, 2.45) is 0 Å². The van der Waals surface area contributed by atoms with Gasteiger partial charge in [-0.25, -0.2) is 17.6 Å². The van der Waals surface area contributed by atoms with E-state index in [0.717, 1.165) is 10.2 Å². The maximum Gasteiger partial charge on any atom is 0.342 e. The van der Waals surface area contributed by atoms with Crippen LogP contribution in [0.2, 0.25) is 0 Å². The highest BCUT2D eigenvalue weighted by molar-refractivity contribution is 7.91. The number of carbonyl (C=O) groups excluding carboxylic acids is 2. The molecule has 1 fully saturated rings. The molecule has 0 bridgehead atoms. The van der Waals surface area contributed by atoms with Gasteiger partial charge in [-0.1, -0.05) is 12.1 Å². The summed E-state index contributed by atoms with van der Waals surface area (Å²) in [5.74, 6) is 0.411. The van der Waals surface area contributed by atoms with Crippen LogP contribution in [0.4, 0.5) is 14.9 Å². The Bertz CT molecular complexity index is 1460. The van der Waals surface area contributed by atoms with Gasteiger partial charge >= 0.3 is 6.03 Å². The molecule has 10 nitrogen and oxygen atoms in total. The summed E-state index contributed by atoms with van der Waals surface area (Å²) in [6.45, 7) is -0.0833. The zero-order valence-electron chi connectivity index (χ0n) is 20.7. The summed E-state index contributed by atoms with van der Waals surface area (Å²) >= 11 is 0. The first-order chi connectivity index (χ1) is 18.2. The number of hydrogen-bond donors (Lipinski definition) is 1. The number of aromatic nitrogens is 2. The highest BCUT2D eigenvalue weighted by atomic mass is 32.2. The van der Waals surface area contributed by atoms with Crippen LogP contribution in [0, 0.1) is 5.82 Å². The molecule has 0 radical (unpaired) electrons. The average Bonchev–Trinajstić information content (AvgIpc) is 3.32. The summed E-state index contributed by atoms with van der Waals surface area (Å²) in [6, 6.07) is 9.68. The number of carbonyl (C=O) groups is 2. The highest BCUT2D eigenvalue weighted by Crippen LogP contribution is 2.35. The van der Waals surface area contributed by atoms with Crippen LogP contribution in [0.5, 0.6) is 11.5 Å². The third-order valence-corrected chi connectivity index (χ3v) is 8.28. The van der Waals surface area contributed by atoms with E-state index in [1.165, 1.54) is 29.4 Å². The minimum atomic E-state index is -3.00. The van der Waals surface area contributed by atoms with Crippen molar-refractivity contribution >= 4 is 27.5 Å². The van der Waals surface area contributed by atoms with Gasteiger partial charge in [-0.2, -0.15) is 9.78 Å². The van der Waals surface area contributed by atoms with Gasteiger partial charge in [-0.3, -0.25) is 4.79 Å². The van der Waals surface area contributed by atoms with E-state index < -0.39 is 21.9 Å². The van der Waals surface area contributed by atoms with Crippen LogP contribution in [0.25, 0.3) is 0 Å². The molecule has 200 valence electrons. The van der Waals surface area contributed by atoms with Crippen molar-refractivity contribution in [2.45, 2.75) is 31.4 Å². The molecular formula is C26H27FN4O6S. The zero-order chi connectivity index (χ0) is 26.9. The molecule has 3 aromatic rings. The van der Waals surface area contributed by atoms with Gasteiger partial charge in [0.1, 0.15) is 36.1 Å². The first kappa shape index (κ1) is 25.7. The number of fused-ring (bicyclic) bond motifs is 1. The van der Waals surface area contributed by atoms with Crippen molar-refractivity contribution in [3.8, 4) is 11.5 Å². The van der Waals surface area contributed by atoms with Gasteiger partial charge in [-0.05, 0) is 48.2 Å². The standard InChI is InChI=1S/C26H27FN4O6S/c1-30-23-13-21(37-20-7-9-38(34,35)10-8-20)5-6-24(23)36-16-22(25(30)32)29-26(33)31-15-18(14-28-31)11-17-3-2-4-19(27)12-17/h2-6,12-15,20,22H,7-11,16H2,1H3,(H,29,33)/t22-/m0/s1. The van der Waals surface area contributed by atoms with Crippen molar-refractivity contribution < 1.29 is 31.9 Å². The van der Waals surface area contributed by atoms with Crippen molar-refractivity contribution in [3.63, 3.8) is 0 Å². The van der Waals surface area contributed by atoms with Crippen LogP contribution in [0.3, 0.4) is 0 Å². The van der Waals surface area contributed by atoms with Gasteiger partial charge in [0, 0.05) is 25.7 Å². The molecule has 2 amide bonds. The third kappa shape index (κ3) is 5.80. The molecule has 2 aromatic carbocycles. The normalized spacial score (nSPS) is 19.3. The van der Waals surface area contributed by atoms with Gasteiger partial charge in [-0.15, -0.1) is 0 Å². The van der Waals surface area contributed by atoms with Gasteiger partial charge < -0.3 is 19.7 Å². The molecule has 2 aliphatic heterocycles. The topological polar surface area (TPSA) is 120 Å². The number of rotatable bonds is 5. The number of nitrogens with zero attached hydrogens (tertiary/aromatic N) is 3. The van der Waals surface area contributed by atoms with E-state index in [1.54, 1.807) is 37.4 Å². The molecule has 1 saturated heterocycles. The van der Waals surface area contributed by atoms with E-state index in [0.29, 0.717) is 42.0 Å². The number of likely N-dealkylation sites (N-methyl/N-ethyl adjacent to an activating group) is 1. The molecule has 1 aromatic heterocycles. The second-order valence-electron chi connectivity index (χ2n) is 9.41. The van der Waals surface area contributed by atoms with Crippen molar-refractivity contribution in [3.05, 3.63) is 71.8 Å². The number of sulfone groups is 1. The predicted octanol–water partition coefficient (Wildman–Crippen LogP) is 2.55. The summed E-state index contributed by atoms with van der Waals surface area (Å²) < 4.78 is 49.7. The Morgan fingerprint density at radius 1 is 1.18 bits per heavy atom. The first-order valence-electron chi connectivity index (χ1n) is 12.2. The molecule has 0 aliphatic carbocycles. The number of nitrogens with one attached hydrogen (secondary N) is 1. The first-order valence-corrected chi connectivity index (χ1v) is 14.0. The quantitative estimate of drug-likeness (QED) is 0.526. The zero-order valence-corrected chi connectivity index (χ0v) is 21.5. The minimum Gasteiger partial charge on any atom is -0.490 e. The lowest BCUT2D eigenvalue weighted by atomic mass is 10.1. The van der Waals surface area contributed by atoms with Crippen LogP contribution >= 0.6 is 0 Å². The lowest BCUT2D eigenvalue weighted by Crippen LogP contribution is -2.50. The number of benzene rings is 2. The lowest BCUT2D eigenvalue weighted by Gasteiger charge is -2.24.